The monoisotopic (exact) mass is 513 g/mol. The van der Waals surface area contributed by atoms with Crippen molar-refractivity contribution in [2.24, 2.45) is 28.1 Å². The molecule has 35 heavy (non-hydrogen) atoms. The minimum Gasteiger partial charge on any atom is -0.480 e. The molecule has 0 aliphatic carbocycles. The molecule has 14 nitrogen and oxygen atoms in total. The molecule has 0 aliphatic heterocycles. The number of carbonyl (C=O) groups excluding carboxylic acids is 3. The van der Waals surface area contributed by atoms with Gasteiger partial charge in [-0.15, -0.1) is 0 Å². The van der Waals surface area contributed by atoms with Crippen LogP contribution in [0.25, 0.3) is 0 Å². The third kappa shape index (κ3) is 10.6. The highest BCUT2D eigenvalue weighted by Crippen LogP contribution is 2.06. The molecular weight excluding hydrogens is 478 g/mol. The van der Waals surface area contributed by atoms with Gasteiger partial charge >= 0.3 is 5.97 Å². The Balaban J connectivity index is 2.74. The lowest BCUT2D eigenvalue weighted by Crippen LogP contribution is -2.59. The van der Waals surface area contributed by atoms with Crippen molar-refractivity contribution >= 4 is 42.3 Å². The second-order valence-corrected chi connectivity index (χ2v) is 8.57. The Labute approximate surface area is 208 Å². The number of thiol groups is 1. The standard InChI is InChI=1S/C20H35N9O5S/c1-10(2)15(18(32)27-13(19(33)34)6-11-7-24-9-26-11)29-17(31)14(8-35)28-16(30)12(21)4-3-5-25-20(22)23/h7,9-10,12-15,35H,3-6,8,21H2,1-2H3,(H,24,26)(H,27,32)(H,28,30)(H,29,31)(H,33,34)(H4,22,23,25). The summed E-state index contributed by atoms with van der Waals surface area (Å²) in [6.07, 6.45) is 3.58. The summed E-state index contributed by atoms with van der Waals surface area (Å²) < 4.78 is 0. The van der Waals surface area contributed by atoms with Crippen LogP contribution in [0.4, 0.5) is 0 Å². The number of hydrogen-bond acceptors (Lipinski definition) is 8. The number of carboxylic acid groups (broad SMARTS) is 1. The van der Waals surface area contributed by atoms with E-state index in [9.17, 15) is 24.3 Å². The van der Waals surface area contributed by atoms with Crippen molar-refractivity contribution < 1.29 is 24.3 Å². The molecule has 0 saturated heterocycles. The average Bonchev–Trinajstić information content (AvgIpc) is 3.30. The fraction of sp³-hybridized carbons (Fsp3) is 0.600. The number of guanidine groups is 1. The molecule has 1 aromatic rings. The zero-order chi connectivity index (χ0) is 26.5. The lowest BCUT2D eigenvalue weighted by atomic mass is 10.0. The molecule has 0 spiro atoms. The van der Waals surface area contributed by atoms with Crippen molar-refractivity contribution in [1.82, 2.24) is 25.9 Å². The topological polar surface area (TPSA) is 244 Å². The van der Waals surface area contributed by atoms with Gasteiger partial charge in [0.25, 0.3) is 0 Å². The Bertz CT molecular complexity index is 874. The molecule has 4 unspecified atom stereocenters. The predicted octanol–water partition coefficient (Wildman–Crippen LogP) is -2.54. The van der Waals surface area contributed by atoms with Crippen LogP contribution < -0.4 is 33.2 Å². The molecule has 3 amide bonds. The summed E-state index contributed by atoms with van der Waals surface area (Å²) in [5.74, 6) is -3.64. The zero-order valence-corrected chi connectivity index (χ0v) is 20.6. The summed E-state index contributed by atoms with van der Waals surface area (Å²) in [4.78, 5) is 60.0. The van der Waals surface area contributed by atoms with Crippen LogP contribution in [0.1, 0.15) is 32.4 Å². The van der Waals surface area contributed by atoms with Crippen molar-refractivity contribution in [3.63, 3.8) is 0 Å². The van der Waals surface area contributed by atoms with Gasteiger partial charge < -0.3 is 43.2 Å². The highest BCUT2D eigenvalue weighted by Gasteiger charge is 2.31. The van der Waals surface area contributed by atoms with Gasteiger partial charge in [-0.1, -0.05) is 13.8 Å². The molecule has 0 radical (unpaired) electrons. The highest BCUT2D eigenvalue weighted by atomic mass is 32.1. The number of carboxylic acids is 1. The Morgan fingerprint density at radius 2 is 1.77 bits per heavy atom. The van der Waals surface area contributed by atoms with Crippen LogP contribution in [0.2, 0.25) is 0 Å². The molecule has 11 N–H and O–H groups in total. The SMILES string of the molecule is CC(C)C(NC(=O)C(CS)NC(=O)C(N)CCCN=C(N)N)C(=O)NC(Cc1cnc[nH]1)C(=O)O. The summed E-state index contributed by atoms with van der Waals surface area (Å²) in [6, 6.07) is -4.26. The van der Waals surface area contributed by atoms with Crippen molar-refractivity contribution in [3.8, 4) is 0 Å². The Morgan fingerprint density at radius 3 is 2.29 bits per heavy atom. The Morgan fingerprint density at radius 1 is 1.11 bits per heavy atom. The minimum atomic E-state index is -1.24. The van der Waals surface area contributed by atoms with Crippen LogP contribution in [0.3, 0.4) is 0 Å². The quantitative estimate of drug-likeness (QED) is 0.0518. The number of hydrogen-bond donors (Lipinski definition) is 9. The zero-order valence-electron chi connectivity index (χ0n) is 19.7. The van der Waals surface area contributed by atoms with Gasteiger partial charge in [-0.05, 0) is 18.8 Å². The van der Waals surface area contributed by atoms with E-state index in [0.717, 1.165) is 0 Å². The van der Waals surface area contributed by atoms with Gasteiger partial charge in [-0.25, -0.2) is 9.78 Å². The van der Waals surface area contributed by atoms with Crippen LogP contribution in [-0.2, 0) is 25.6 Å². The third-order valence-corrected chi connectivity index (χ3v) is 5.33. The number of imidazole rings is 1. The van der Waals surface area contributed by atoms with E-state index in [1.54, 1.807) is 13.8 Å². The Kier molecular flexibility index (Phi) is 12.6. The van der Waals surface area contributed by atoms with E-state index in [4.69, 9.17) is 17.2 Å². The van der Waals surface area contributed by atoms with Gasteiger partial charge in [0, 0.05) is 30.6 Å². The molecule has 0 bridgehead atoms. The first-order valence-corrected chi connectivity index (χ1v) is 11.6. The molecule has 196 valence electrons. The lowest BCUT2D eigenvalue weighted by Gasteiger charge is -2.26. The predicted molar refractivity (Wildman–Crippen MR) is 132 cm³/mol. The number of aliphatic imine (C=N–C) groups is 1. The van der Waals surface area contributed by atoms with Gasteiger partial charge in [0.05, 0.1) is 12.4 Å². The van der Waals surface area contributed by atoms with Gasteiger partial charge in [0.1, 0.15) is 18.1 Å². The number of nitrogens with one attached hydrogen (secondary N) is 4. The number of H-pyrrole nitrogens is 1. The van der Waals surface area contributed by atoms with E-state index in [1.165, 1.54) is 12.5 Å². The van der Waals surface area contributed by atoms with Crippen molar-refractivity contribution in [3.05, 3.63) is 18.2 Å². The molecule has 1 aromatic heterocycles. The van der Waals surface area contributed by atoms with Crippen molar-refractivity contribution in [2.75, 3.05) is 12.3 Å². The molecule has 0 aliphatic rings. The smallest absolute Gasteiger partial charge is 0.326 e. The highest BCUT2D eigenvalue weighted by molar-refractivity contribution is 7.80. The summed E-state index contributed by atoms with van der Waals surface area (Å²) in [6.45, 7) is 3.69. The number of aromatic nitrogens is 2. The number of amides is 3. The van der Waals surface area contributed by atoms with E-state index in [1.807, 2.05) is 0 Å². The largest absolute Gasteiger partial charge is 0.480 e. The van der Waals surface area contributed by atoms with Crippen LogP contribution >= 0.6 is 12.6 Å². The number of aromatic amines is 1. The summed E-state index contributed by atoms with van der Waals surface area (Å²) in [7, 11) is 0. The maximum atomic E-state index is 12.8. The number of nitrogens with two attached hydrogens (primary N) is 3. The molecule has 0 saturated carbocycles. The fourth-order valence-electron chi connectivity index (χ4n) is 2.99. The maximum absolute atomic E-state index is 12.8. The minimum absolute atomic E-state index is 0.0176. The number of nitrogens with zero attached hydrogens (tertiary/aromatic N) is 2. The van der Waals surface area contributed by atoms with Gasteiger partial charge in [-0.2, -0.15) is 12.6 Å². The first-order valence-electron chi connectivity index (χ1n) is 11.0. The van der Waals surface area contributed by atoms with Crippen molar-refractivity contribution in [1.29, 1.82) is 0 Å². The maximum Gasteiger partial charge on any atom is 0.326 e. The molecule has 1 rings (SSSR count). The summed E-state index contributed by atoms with van der Waals surface area (Å²) in [5.41, 5.74) is 16.9. The normalized spacial score (nSPS) is 14.3. The van der Waals surface area contributed by atoms with Crippen LogP contribution in [0.15, 0.2) is 17.5 Å². The van der Waals surface area contributed by atoms with E-state index in [2.05, 4.69) is 43.5 Å². The molecule has 0 fully saturated rings. The van der Waals surface area contributed by atoms with Crippen molar-refractivity contribution in [2.45, 2.75) is 57.3 Å². The first kappa shape index (κ1) is 29.7. The van der Waals surface area contributed by atoms with Crippen LogP contribution in [-0.4, -0.2) is 81.2 Å². The van der Waals surface area contributed by atoms with E-state index in [0.29, 0.717) is 18.7 Å². The van der Waals surface area contributed by atoms with E-state index >= 15 is 0 Å². The lowest BCUT2D eigenvalue weighted by molar-refractivity contribution is -0.142. The first-order chi connectivity index (χ1) is 16.5. The number of rotatable bonds is 15. The Hall–Kier alpha value is -3.33. The number of aliphatic carboxylic acids is 1. The molecule has 1 heterocycles. The average molecular weight is 514 g/mol. The van der Waals surface area contributed by atoms with Gasteiger partial charge in [0.2, 0.25) is 17.7 Å². The van der Waals surface area contributed by atoms with Gasteiger partial charge in [0.15, 0.2) is 5.96 Å². The molecule has 15 heteroatoms. The van der Waals surface area contributed by atoms with E-state index in [-0.39, 0.29) is 30.5 Å². The molecular formula is C20H35N9O5S. The second-order valence-electron chi connectivity index (χ2n) is 8.21. The molecule has 0 aromatic carbocycles. The summed E-state index contributed by atoms with van der Waals surface area (Å²) in [5, 5.41) is 17.0. The van der Waals surface area contributed by atoms with Crippen LogP contribution in [0.5, 0.6) is 0 Å². The van der Waals surface area contributed by atoms with Gasteiger partial charge in [-0.3, -0.25) is 19.4 Å². The van der Waals surface area contributed by atoms with Crippen LogP contribution in [0, 0.1) is 5.92 Å². The third-order valence-electron chi connectivity index (χ3n) is 4.96. The second kappa shape index (κ2) is 14.8. The summed E-state index contributed by atoms with van der Waals surface area (Å²) >= 11 is 4.11. The van der Waals surface area contributed by atoms with E-state index < -0.39 is 47.9 Å². The number of carbonyl (C=O) groups is 4. The fourth-order valence-corrected chi connectivity index (χ4v) is 3.25. The molecule has 4 atom stereocenters.